The van der Waals surface area contributed by atoms with Gasteiger partial charge < -0.3 is 14.4 Å². The summed E-state index contributed by atoms with van der Waals surface area (Å²) in [7, 11) is 1.86. The highest BCUT2D eigenvalue weighted by Gasteiger charge is 2.32. The molecule has 5 aromatic rings. The molecule has 1 saturated heterocycles. The number of benzene rings is 2. The number of ether oxygens (including phenoxy) is 1. The van der Waals surface area contributed by atoms with Gasteiger partial charge in [0, 0.05) is 36.9 Å². The van der Waals surface area contributed by atoms with E-state index >= 15 is 0 Å². The van der Waals surface area contributed by atoms with Crippen LogP contribution in [-0.2, 0) is 11.8 Å². The first-order chi connectivity index (χ1) is 18.3. The van der Waals surface area contributed by atoms with Gasteiger partial charge >= 0.3 is 5.97 Å². The molecular weight excluding hydrogens is 485 g/mol. The van der Waals surface area contributed by atoms with Crippen LogP contribution in [0.25, 0.3) is 33.2 Å². The number of nitrogens with zero attached hydrogens (tertiary/aromatic N) is 5. The summed E-state index contributed by atoms with van der Waals surface area (Å²) < 4.78 is 23.7. The first-order valence-corrected chi connectivity index (χ1v) is 12.7. The van der Waals surface area contributed by atoms with Crippen LogP contribution >= 0.6 is 0 Å². The summed E-state index contributed by atoms with van der Waals surface area (Å²) in [5.41, 5.74) is 6.98. The number of rotatable bonds is 5. The van der Waals surface area contributed by atoms with Crippen molar-refractivity contribution in [3.8, 4) is 11.3 Å². The third-order valence-electron chi connectivity index (χ3n) is 7.57. The van der Waals surface area contributed by atoms with Crippen LogP contribution in [0, 0.1) is 25.6 Å². The van der Waals surface area contributed by atoms with Crippen molar-refractivity contribution < 1.29 is 19.0 Å². The van der Waals surface area contributed by atoms with Gasteiger partial charge in [-0.1, -0.05) is 17.3 Å². The highest BCUT2D eigenvalue weighted by atomic mass is 19.1. The fourth-order valence-corrected chi connectivity index (χ4v) is 5.91. The van der Waals surface area contributed by atoms with Gasteiger partial charge in [-0.25, -0.2) is 13.9 Å². The quantitative estimate of drug-likeness (QED) is 0.336. The average molecular weight is 514 g/mol. The maximum absolute atomic E-state index is 14.0. The molecule has 8 nitrogen and oxygen atoms in total. The lowest BCUT2D eigenvalue weighted by Crippen LogP contribution is -2.27. The molecule has 1 unspecified atom stereocenters. The van der Waals surface area contributed by atoms with Crippen molar-refractivity contribution in [2.24, 2.45) is 13.0 Å². The highest BCUT2D eigenvalue weighted by Crippen LogP contribution is 2.43. The summed E-state index contributed by atoms with van der Waals surface area (Å²) in [4.78, 5) is 17.0. The van der Waals surface area contributed by atoms with Gasteiger partial charge in [-0.15, -0.1) is 5.10 Å². The molecule has 0 radical (unpaired) electrons. The second kappa shape index (κ2) is 9.33. The smallest absolute Gasteiger partial charge is 0.335 e. The third kappa shape index (κ3) is 3.94. The molecule has 0 bridgehead atoms. The van der Waals surface area contributed by atoms with Gasteiger partial charge in [-0.2, -0.15) is 0 Å². The van der Waals surface area contributed by atoms with Gasteiger partial charge in [0.25, 0.3) is 0 Å². The van der Waals surface area contributed by atoms with Crippen LogP contribution in [0.3, 0.4) is 0 Å². The number of hydrogen-bond acceptors (Lipinski definition) is 5. The molecule has 6 rings (SSSR count). The molecule has 1 aliphatic rings. The zero-order valence-corrected chi connectivity index (χ0v) is 21.5. The van der Waals surface area contributed by atoms with E-state index in [1.807, 2.05) is 45.2 Å². The monoisotopic (exact) mass is 513 g/mol. The predicted octanol–water partition coefficient (Wildman–Crippen LogP) is 5.46. The number of pyridine rings is 1. The topological polar surface area (TPSA) is 95.1 Å². The number of aryl methyl sites for hydroxylation is 3. The summed E-state index contributed by atoms with van der Waals surface area (Å²) in [5.74, 6) is -1.12. The molecule has 1 fully saturated rings. The molecule has 3 aromatic heterocycles. The number of halogens is 1. The normalized spacial score (nSPS) is 15.4. The van der Waals surface area contributed by atoms with Crippen LogP contribution in [0.5, 0.6) is 0 Å². The number of fused-ring (bicyclic) bond motifs is 3. The molecule has 38 heavy (non-hydrogen) atoms. The van der Waals surface area contributed by atoms with Crippen molar-refractivity contribution in [3.05, 3.63) is 76.9 Å². The van der Waals surface area contributed by atoms with E-state index in [2.05, 4.69) is 14.9 Å². The van der Waals surface area contributed by atoms with E-state index in [0.29, 0.717) is 13.2 Å². The van der Waals surface area contributed by atoms with Gasteiger partial charge in [-0.3, -0.25) is 4.98 Å². The number of carboxylic acid groups (broad SMARTS) is 1. The predicted molar refractivity (Wildman–Crippen MR) is 142 cm³/mol. The first-order valence-electron chi connectivity index (χ1n) is 12.7. The zero-order valence-electron chi connectivity index (χ0n) is 21.5. The molecule has 0 aliphatic carbocycles. The van der Waals surface area contributed by atoms with Crippen molar-refractivity contribution in [3.63, 3.8) is 0 Å². The minimum atomic E-state index is -0.996. The van der Waals surface area contributed by atoms with Gasteiger partial charge in [0.15, 0.2) is 0 Å². The lowest BCUT2D eigenvalue weighted by molar-refractivity contribution is 0.0553. The molecule has 4 heterocycles. The summed E-state index contributed by atoms with van der Waals surface area (Å²) in [6.07, 6.45) is 1.64. The Hall–Kier alpha value is -4.11. The number of hydrogen-bond donors (Lipinski definition) is 1. The molecule has 194 valence electrons. The maximum Gasteiger partial charge on any atom is 0.335 e. The van der Waals surface area contributed by atoms with Crippen LogP contribution in [-0.4, -0.2) is 48.8 Å². The van der Waals surface area contributed by atoms with Crippen molar-refractivity contribution >= 4 is 27.9 Å². The second-order valence-corrected chi connectivity index (χ2v) is 10.0. The SMILES string of the molecule is Cc1cc(-c2c(C)nnn2C)c2c(n1)c1ccc(C(=O)O)cc1n2C(c1ccc(F)cc1)C1CCOCC1. The maximum atomic E-state index is 14.0. The summed E-state index contributed by atoms with van der Waals surface area (Å²) in [6.45, 7) is 5.14. The highest BCUT2D eigenvalue weighted by molar-refractivity contribution is 6.12. The Morgan fingerprint density at radius 3 is 2.50 bits per heavy atom. The van der Waals surface area contributed by atoms with Crippen molar-refractivity contribution in [2.45, 2.75) is 32.7 Å². The zero-order chi connectivity index (χ0) is 26.6. The van der Waals surface area contributed by atoms with Gasteiger partial charge in [0.05, 0.1) is 39.5 Å². The largest absolute Gasteiger partial charge is 0.478 e. The van der Waals surface area contributed by atoms with Crippen LogP contribution in [0.4, 0.5) is 4.39 Å². The Morgan fingerprint density at radius 2 is 1.84 bits per heavy atom. The Labute approximate surface area is 218 Å². The standard InChI is InChI=1S/C29H28FN5O3/c1-16-14-23(26-17(2)32-33-34(26)3)28-25(31-16)22-9-6-20(29(36)37)15-24(22)35(28)27(19-10-12-38-13-11-19)18-4-7-21(30)8-5-18/h4-9,14-15,19,27H,10-13H2,1-3H3,(H,36,37). The van der Waals surface area contributed by atoms with E-state index in [4.69, 9.17) is 9.72 Å². The van der Waals surface area contributed by atoms with Crippen molar-refractivity contribution in [1.82, 2.24) is 24.5 Å². The lowest BCUT2D eigenvalue weighted by Gasteiger charge is -2.33. The fraction of sp³-hybridized carbons (Fsp3) is 0.310. The molecule has 0 saturated carbocycles. The molecule has 1 atom stereocenters. The van der Waals surface area contributed by atoms with Gasteiger partial charge in [-0.05, 0) is 74.6 Å². The lowest BCUT2D eigenvalue weighted by atomic mass is 9.86. The second-order valence-electron chi connectivity index (χ2n) is 10.0. The number of aromatic nitrogens is 5. The van der Waals surface area contributed by atoms with Gasteiger partial charge in [0.1, 0.15) is 5.82 Å². The Bertz CT molecular complexity index is 1660. The Morgan fingerprint density at radius 1 is 1.11 bits per heavy atom. The molecule has 0 spiro atoms. The Kier molecular flexibility index (Phi) is 5.95. The minimum Gasteiger partial charge on any atom is -0.478 e. The summed E-state index contributed by atoms with van der Waals surface area (Å²) >= 11 is 0. The van der Waals surface area contributed by atoms with E-state index in [-0.39, 0.29) is 23.3 Å². The molecule has 0 amide bonds. The molecule has 1 aliphatic heterocycles. The van der Waals surface area contributed by atoms with Crippen molar-refractivity contribution in [2.75, 3.05) is 13.2 Å². The summed E-state index contributed by atoms with van der Waals surface area (Å²) in [5, 5.41) is 19.3. The third-order valence-corrected chi connectivity index (χ3v) is 7.57. The van der Waals surface area contributed by atoms with E-state index < -0.39 is 5.97 Å². The van der Waals surface area contributed by atoms with E-state index in [9.17, 15) is 14.3 Å². The molecular formula is C29H28FN5O3. The van der Waals surface area contributed by atoms with E-state index in [1.54, 1.807) is 16.8 Å². The molecule has 1 N–H and O–H groups in total. The number of carbonyl (C=O) groups is 1. The first kappa shape index (κ1) is 24.2. The molecule has 9 heteroatoms. The Balaban J connectivity index is 1.78. The van der Waals surface area contributed by atoms with E-state index in [0.717, 1.165) is 63.0 Å². The average Bonchev–Trinajstić information content (AvgIpc) is 3.41. The van der Waals surface area contributed by atoms with Crippen molar-refractivity contribution in [1.29, 1.82) is 0 Å². The van der Waals surface area contributed by atoms with Crippen LogP contribution in [0.2, 0.25) is 0 Å². The van der Waals surface area contributed by atoms with Crippen LogP contribution in [0.1, 0.15) is 46.2 Å². The fourth-order valence-electron chi connectivity index (χ4n) is 5.91. The van der Waals surface area contributed by atoms with Crippen LogP contribution < -0.4 is 0 Å². The van der Waals surface area contributed by atoms with Crippen LogP contribution in [0.15, 0.2) is 48.5 Å². The summed E-state index contributed by atoms with van der Waals surface area (Å²) in [6, 6.07) is 13.6. The number of carboxylic acids is 1. The number of aromatic carboxylic acids is 1. The van der Waals surface area contributed by atoms with E-state index in [1.165, 1.54) is 12.1 Å². The minimum absolute atomic E-state index is 0.182. The van der Waals surface area contributed by atoms with Gasteiger partial charge in [0.2, 0.25) is 0 Å². The molecule has 2 aromatic carbocycles.